The third kappa shape index (κ3) is 3.38. The van der Waals surface area contributed by atoms with Crippen LogP contribution >= 0.6 is 12.6 Å². The van der Waals surface area contributed by atoms with E-state index in [1.54, 1.807) is 0 Å². The summed E-state index contributed by atoms with van der Waals surface area (Å²) < 4.78 is 0. The lowest BCUT2D eigenvalue weighted by Gasteiger charge is -2.38. The van der Waals surface area contributed by atoms with Crippen molar-refractivity contribution in [1.29, 1.82) is 0 Å². The third-order valence-corrected chi connectivity index (χ3v) is 4.91. The lowest BCUT2D eigenvalue weighted by atomic mass is 9.75. The number of carbonyl (C=O) groups is 1. The maximum absolute atomic E-state index is 12.7. The van der Waals surface area contributed by atoms with Gasteiger partial charge < -0.3 is 4.90 Å². The van der Waals surface area contributed by atoms with E-state index in [2.05, 4.69) is 26.5 Å². The predicted molar refractivity (Wildman–Crippen MR) is 86.6 cm³/mol. The van der Waals surface area contributed by atoms with Crippen LogP contribution in [0.5, 0.6) is 0 Å². The Kier molecular flexibility index (Phi) is 4.48. The Morgan fingerprint density at radius 2 is 1.90 bits per heavy atom. The van der Waals surface area contributed by atoms with Gasteiger partial charge in [-0.05, 0) is 55.7 Å². The van der Waals surface area contributed by atoms with Crippen LogP contribution in [0, 0.1) is 12.3 Å². The summed E-state index contributed by atoms with van der Waals surface area (Å²) in [7, 11) is 1.94. The highest BCUT2D eigenvalue weighted by atomic mass is 32.1. The van der Waals surface area contributed by atoms with Crippen molar-refractivity contribution in [2.75, 3.05) is 7.05 Å². The first-order valence-corrected chi connectivity index (χ1v) is 7.82. The minimum absolute atomic E-state index is 0.128. The van der Waals surface area contributed by atoms with Crippen LogP contribution in [-0.2, 0) is 0 Å². The quantitative estimate of drug-likeness (QED) is 0.804. The zero-order valence-corrected chi connectivity index (χ0v) is 13.8. The Bertz CT molecular complexity index is 500. The van der Waals surface area contributed by atoms with E-state index in [0.717, 1.165) is 28.9 Å². The molecule has 110 valence electrons. The van der Waals surface area contributed by atoms with E-state index in [0.29, 0.717) is 11.5 Å². The highest BCUT2D eigenvalue weighted by Gasteiger charge is 2.31. The summed E-state index contributed by atoms with van der Waals surface area (Å²) >= 11 is 4.34. The largest absolute Gasteiger partial charge is 0.339 e. The van der Waals surface area contributed by atoms with Crippen LogP contribution in [-0.4, -0.2) is 23.9 Å². The number of thiol groups is 1. The van der Waals surface area contributed by atoms with Crippen molar-refractivity contribution in [3.05, 3.63) is 29.3 Å². The normalized spacial score (nSPS) is 18.9. The molecular formula is C17H25NOS. The van der Waals surface area contributed by atoms with Crippen molar-refractivity contribution >= 4 is 18.5 Å². The van der Waals surface area contributed by atoms with Crippen LogP contribution in [0.15, 0.2) is 23.1 Å². The van der Waals surface area contributed by atoms with Crippen LogP contribution in [0.4, 0.5) is 0 Å². The first kappa shape index (κ1) is 15.4. The maximum atomic E-state index is 12.7. The van der Waals surface area contributed by atoms with E-state index in [1.165, 1.54) is 12.8 Å². The van der Waals surface area contributed by atoms with Crippen molar-refractivity contribution in [3.8, 4) is 0 Å². The second kappa shape index (κ2) is 5.80. The molecular weight excluding hydrogens is 266 g/mol. The molecule has 1 saturated carbocycles. The molecule has 0 radical (unpaired) electrons. The topological polar surface area (TPSA) is 20.3 Å². The number of carbonyl (C=O) groups excluding carboxylic acids is 1. The molecule has 0 aromatic heterocycles. The first-order valence-electron chi connectivity index (χ1n) is 7.37. The van der Waals surface area contributed by atoms with Gasteiger partial charge in [-0.15, -0.1) is 12.6 Å². The van der Waals surface area contributed by atoms with Crippen LogP contribution in [0.25, 0.3) is 0 Å². The Labute approximate surface area is 128 Å². The molecule has 1 aromatic rings. The molecule has 0 heterocycles. The van der Waals surface area contributed by atoms with Crippen LogP contribution in [0.3, 0.4) is 0 Å². The second-order valence-corrected chi connectivity index (χ2v) is 7.33. The lowest BCUT2D eigenvalue weighted by Crippen LogP contribution is -2.41. The molecule has 1 aliphatic rings. The van der Waals surface area contributed by atoms with Gasteiger partial charge in [-0.3, -0.25) is 4.79 Å². The fourth-order valence-electron chi connectivity index (χ4n) is 2.97. The number of aryl methyl sites for hydroxylation is 1. The molecule has 0 aliphatic heterocycles. The van der Waals surface area contributed by atoms with E-state index < -0.39 is 0 Å². The van der Waals surface area contributed by atoms with Crippen molar-refractivity contribution in [3.63, 3.8) is 0 Å². The van der Waals surface area contributed by atoms with Gasteiger partial charge in [-0.1, -0.05) is 19.9 Å². The Morgan fingerprint density at radius 1 is 1.30 bits per heavy atom. The fraction of sp³-hybridized carbons (Fsp3) is 0.588. The molecule has 0 saturated heterocycles. The summed E-state index contributed by atoms with van der Waals surface area (Å²) in [6.45, 7) is 6.62. The number of rotatable bonds is 2. The number of hydrogen-bond donors (Lipinski definition) is 1. The standard InChI is InChI=1S/C17H25NOS/c1-12-5-6-14(20)11-15(12)16(19)18(4)13-7-9-17(2,3)10-8-13/h5-6,11,13,20H,7-10H2,1-4H3. The Hall–Kier alpha value is -0.960. The van der Waals surface area contributed by atoms with E-state index >= 15 is 0 Å². The average molecular weight is 291 g/mol. The van der Waals surface area contributed by atoms with Crippen molar-refractivity contribution in [2.45, 2.75) is 57.4 Å². The summed E-state index contributed by atoms with van der Waals surface area (Å²) in [5.74, 6) is 0.128. The predicted octanol–water partition coefficient (Wildman–Crippen LogP) is 4.32. The Balaban J connectivity index is 2.11. The average Bonchev–Trinajstić information content (AvgIpc) is 2.40. The third-order valence-electron chi connectivity index (χ3n) is 4.63. The molecule has 2 rings (SSSR count). The maximum Gasteiger partial charge on any atom is 0.254 e. The van der Waals surface area contributed by atoms with Gasteiger partial charge in [-0.2, -0.15) is 0 Å². The van der Waals surface area contributed by atoms with Crippen molar-refractivity contribution in [2.24, 2.45) is 5.41 Å². The van der Waals surface area contributed by atoms with Gasteiger partial charge in [0.2, 0.25) is 0 Å². The van der Waals surface area contributed by atoms with Gasteiger partial charge in [-0.25, -0.2) is 0 Å². The van der Waals surface area contributed by atoms with Crippen molar-refractivity contribution in [1.82, 2.24) is 4.90 Å². The van der Waals surface area contributed by atoms with Gasteiger partial charge >= 0.3 is 0 Å². The van der Waals surface area contributed by atoms with Gasteiger partial charge in [0, 0.05) is 23.5 Å². The summed E-state index contributed by atoms with van der Waals surface area (Å²) in [5.41, 5.74) is 2.24. The molecule has 1 amide bonds. The van der Waals surface area contributed by atoms with Crippen LogP contribution in [0.2, 0.25) is 0 Å². The second-order valence-electron chi connectivity index (χ2n) is 6.81. The minimum Gasteiger partial charge on any atom is -0.339 e. The first-order chi connectivity index (χ1) is 9.30. The molecule has 1 fully saturated rings. The molecule has 0 bridgehead atoms. The van der Waals surface area contributed by atoms with E-state index in [9.17, 15) is 4.79 Å². The van der Waals surface area contributed by atoms with Gasteiger partial charge in [0.25, 0.3) is 5.91 Å². The molecule has 0 atom stereocenters. The lowest BCUT2D eigenvalue weighted by molar-refractivity contribution is 0.0634. The SMILES string of the molecule is Cc1ccc(S)cc1C(=O)N(C)C1CCC(C)(C)CC1. The van der Waals surface area contributed by atoms with E-state index in [4.69, 9.17) is 0 Å². The summed E-state index contributed by atoms with van der Waals surface area (Å²) in [4.78, 5) is 15.5. The number of nitrogens with zero attached hydrogens (tertiary/aromatic N) is 1. The van der Waals surface area contributed by atoms with E-state index in [-0.39, 0.29) is 5.91 Å². The fourth-order valence-corrected chi connectivity index (χ4v) is 3.17. The molecule has 3 heteroatoms. The van der Waals surface area contributed by atoms with E-state index in [1.807, 2.05) is 37.1 Å². The molecule has 1 aromatic carbocycles. The highest BCUT2D eigenvalue weighted by molar-refractivity contribution is 7.80. The van der Waals surface area contributed by atoms with Gasteiger partial charge in [0.15, 0.2) is 0 Å². The summed E-state index contributed by atoms with van der Waals surface area (Å²) in [6.07, 6.45) is 4.60. The summed E-state index contributed by atoms with van der Waals surface area (Å²) in [5, 5.41) is 0. The zero-order valence-electron chi connectivity index (χ0n) is 12.9. The number of hydrogen-bond acceptors (Lipinski definition) is 2. The highest BCUT2D eigenvalue weighted by Crippen LogP contribution is 2.37. The molecule has 20 heavy (non-hydrogen) atoms. The molecule has 0 N–H and O–H groups in total. The molecule has 0 unspecified atom stereocenters. The van der Waals surface area contributed by atoms with Gasteiger partial charge in [0.05, 0.1) is 0 Å². The van der Waals surface area contributed by atoms with Gasteiger partial charge in [0.1, 0.15) is 0 Å². The van der Waals surface area contributed by atoms with Crippen molar-refractivity contribution < 1.29 is 4.79 Å². The minimum atomic E-state index is 0.128. The molecule has 2 nitrogen and oxygen atoms in total. The van der Waals surface area contributed by atoms with Crippen LogP contribution < -0.4 is 0 Å². The zero-order chi connectivity index (χ0) is 14.9. The molecule has 1 aliphatic carbocycles. The Morgan fingerprint density at radius 3 is 2.50 bits per heavy atom. The number of amides is 1. The number of benzene rings is 1. The monoisotopic (exact) mass is 291 g/mol. The van der Waals surface area contributed by atoms with Crippen LogP contribution in [0.1, 0.15) is 55.5 Å². The molecule has 0 spiro atoms. The smallest absolute Gasteiger partial charge is 0.254 e. The summed E-state index contributed by atoms with van der Waals surface area (Å²) in [6, 6.07) is 6.15.